The highest BCUT2D eigenvalue weighted by atomic mass is 32.2. The Bertz CT molecular complexity index is 413. The number of likely N-dealkylation sites (N-methyl/N-ethyl adjacent to an activating group) is 1. The topological polar surface area (TPSA) is 51.0 Å². The Kier molecular flexibility index (Phi) is 6.23. The van der Waals surface area contributed by atoms with Crippen molar-refractivity contribution in [2.24, 2.45) is 0 Å². The van der Waals surface area contributed by atoms with Crippen molar-refractivity contribution in [1.29, 1.82) is 0 Å². The molecule has 1 N–H and O–H groups in total. The van der Waals surface area contributed by atoms with Gasteiger partial charge in [0.15, 0.2) is 5.82 Å². The van der Waals surface area contributed by atoms with E-state index < -0.39 is 0 Å². The minimum atomic E-state index is 0.378. The Morgan fingerprint density at radius 3 is 2.85 bits per heavy atom. The van der Waals surface area contributed by atoms with Gasteiger partial charge in [-0.3, -0.25) is 0 Å². The molecule has 1 aliphatic heterocycles. The summed E-state index contributed by atoms with van der Waals surface area (Å²) in [7, 11) is 1.99. The molecule has 6 heteroatoms. The smallest absolute Gasteiger partial charge is 0.228 e. The third-order valence-electron chi connectivity index (χ3n) is 3.79. The van der Waals surface area contributed by atoms with Crippen molar-refractivity contribution in [2.45, 2.75) is 61.8 Å². The van der Waals surface area contributed by atoms with Gasteiger partial charge >= 0.3 is 0 Å². The molecule has 4 atom stereocenters. The monoisotopic (exact) mass is 315 g/mol. The summed E-state index contributed by atoms with van der Waals surface area (Å²) in [6.45, 7) is 6.78. The predicted molar refractivity (Wildman–Crippen MR) is 87.5 cm³/mol. The van der Waals surface area contributed by atoms with Gasteiger partial charge in [-0.05, 0) is 13.5 Å². The average Bonchev–Trinajstić information content (AvgIpc) is 2.90. The van der Waals surface area contributed by atoms with Crippen LogP contribution in [0.2, 0.25) is 0 Å². The Labute approximate surface area is 130 Å². The molecule has 114 valence electrons. The molecule has 0 aromatic carbocycles. The lowest BCUT2D eigenvalue weighted by atomic mass is 10.1. The molecule has 20 heavy (non-hydrogen) atoms. The summed E-state index contributed by atoms with van der Waals surface area (Å²) < 4.78 is 5.43. The molecule has 1 aromatic rings. The third kappa shape index (κ3) is 4.15. The number of hydrogen-bond acceptors (Lipinski definition) is 6. The van der Waals surface area contributed by atoms with E-state index in [9.17, 15) is 0 Å². The quantitative estimate of drug-likeness (QED) is 0.869. The summed E-state index contributed by atoms with van der Waals surface area (Å²) in [6.07, 6.45) is 3.13. The standard InChI is InChI=1S/C14H25N3OS2/c1-5-6-11(15-4)7-13-16-14(17-18-13)12-8-19-9(2)10(3)20-12/h9-12,15H,5-8H2,1-4H3. The Hall–Kier alpha value is -0.200. The molecule has 4 unspecified atom stereocenters. The maximum absolute atomic E-state index is 5.43. The summed E-state index contributed by atoms with van der Waals surface area (Å²) in [6, 6.07) is 0.431. The van der Waals surface area contributed by atoms with Crippen LogP contribution in [0.1, 0.15) is 50.6 Å². The summed E-state index contributed by atoms with van der Waals surface area (Å²) in [5.41, 5.74) is 0. The normalized spacial score (nSPS) is 28.5. The molecule has 1 saturated heterocycles. The van der Waals surface area contributed by atoms with E-state index in [4.69, 9.17) is 4.52 Å². The van der Waals surface area contributed by atoms with Gasteiger partial charge in [0.05, 0.1) is 5.25 Å². The second kappa shape index (κ2) is 7.71. The van der Waals surface area contributed by atoms with Crippen LogP contribution >= 0.6 is 23.5 Å². The minimum absolute atomic E-state index is 0.378. The van der Waals surface area contributed by atoms with Gasteiger partial charge < -0.3 is 9.84 Å². The van der Waals surface area contributed by atoms with Crippen molar-refractivity contribution in [3.63, 3.8) is 0 Å². The molecule has 2 rings (SSSR count). The van der Waals surface area contributed by atoms with E-state index in [1.165, 1.54) is 0 Å². The van der Waals surface area contributed by atoms with Gasteiger partial charge in [0.2, 0.25) is 5.89 Å². The highest BCUT2D eigenvalue weighted by Gasteiger charge is 2.30. The van der Waals surface area contributed by atoms with Gasteiger partial charge in [-0.2, -0.15) is 16.7 Å². The molecule has 1 fully saturated rings. The van der Waals surface area contributed by atoms with Gasteiger partial charge in [0.1, 0.15) is 0 Å². The number of nitrogens with one attached hydrogen (secondary N) is 1. The molecule has 1 aromatic heterocycles. The van der Waals surface area contributed by atoms with Gasteiger partial charge in [0, 0.05) is 28.7 Å². The zero-order valence-corrected chi connectivity index (χ0v) is 14.4. The third-order valence-corrected chi connectivity index (χ3v) is 7.18. The van der Waals surface area contributed by atoms with Crippen LogP contribution in [-0.4, -0.2) is 39.5 Å². The van der Waals surface area contributed by atoms with Crippen molar-refractivity contribution in [2.75, 3.05) is 12.8 Å². The highest BCUT2D eigenvalue weighted by molar-refractivity contribution is 8.07. The van der Waals surface area contributed by atoms with Crippen LogP contribution in [-0.2, 0) is 6.42 Å². The van der Waals surface area contributed by atoms with Crippen LogP contribution in [0.25, 0.3) is 0 Å². The molecule has 0 saturated carbocycles. The number of nitrogens with zero attached hydrogens (tertiary/aromatic N) is 2. The number of aromatic nitrogens is 2. The van der Waals surface area contributed by atoms with E-state index in [0.29, 0.717) is 21.8 Å². The fourth-order valence-electron chi connectivity index (χ4n) is 2.31. The zero-order chi connectivity index (χ0) is 14.5. The summed E-state index contributed by atoms with van der Waals surface area (Å²) in [4.78, 5) is 4.61. The first kappa shape index (κ1) is 16.2. The molecule has 0 aliphatic carbocycles. The Morgan fingerprint density at radius 2 is 2.20 bits per heavy atom. The van der Waals surface area contributed by atoms with Crippen molar-refractivity contribution in [3.05, 3.63) is 11.7 Å². The highest BCUT2D eigenvalue weighted by Crippen LogP contribution is 2.43. The van der Waals surface area contributed by atoms with Gasteiger partial charge in [-0.1, -0.05) is 32.3 Å². The first-order valence-corrected chi connectivity index (χ1v) is 9.40. The van der Waals surface area contributed by atoms with E-state index in [1.807, 2.05) is 30.6 Å². The van der Waals surface area contributed by atoms with E-state index >= 15 is 0 Å². The molecule has 4 nitrogen and oxygen atoms in total. The van der Waals surface area contributed by atoms with Gasteiger partial charge in [-0.25, -0.2) is 0 Å². The predicted octanol–water partition coefficient (Wildman–Crippen LogP) is 3.30. The number of hydrogen-bond donors (Lipinski definition) is 1. The van der Waals surface area contributed by atoms with Crippen LogP contribution in [0.5, 0.6) is 0 Å². The van der Waals surface area contributed by atoms with E-state index in [1.54, 1.807) is 0 Å². The lowest BCUT2D eigenvalue weighted by Crippen LogP contribution is -2.27. The first-order valence-electron chi connectivity index (χ1n) is 7.40. The van der Waals surface area contributed by atoms with Crippen LogP contribution < -0.4 is 5.32 Å². The van der Waals surface area contributed by atoms with Crippen molar-refractivity contribution < 1.29 is 4.52 Å². The van der Waals surface area contributed by atoms with E-state index in [2.05, 4.69) is 36.2 Å². The number of thioether (sulfide) groups is 2. The largest absolute Gasteiger partial charge is 0.339 e. The van der Waals surface area contributed by atoms with Gasteiger partial charge in [-0.15, -0.1) is 11.8 Å². The van der Waals surface area contributed by atoms with Crippen molar-refractivity contribution in [1.82, 2.24) is 15.5 Å². The average molecular weight is 316 g/mol. The Morgan fingerprint density at radius 1 is 1.40 bits per heavy atom. The van der Waals surface area contributed by atoms with E-state index in [-0.39, 0.29) is 0 Å². The second-order valence-corrected chi connectivity index (χ2v) is 8.39. The minimum Gasteiger partial charge on any atom is -0.339 e. The van der Waals surface area contributed by atoms with Crippen LogP contribution in [0.4, 0.5) is 0 Å². The van der Waals surface area contributed by atoms with E-state index in [0.717, 1.165) is 36.7 Å². The summed E-state index contributed by atoms with van der Waals surface area (Å²) >= 11 is 3.98. The maximum Gasteiger partial charge on any atom is 0.228 e. The molecular weight excluding hydrogens is 290 g/mol. The van der Waals surface area contributed by atoms with Gasteiger partial charge in [0.25, 0.3) is 0 Å². The molecule has 1 aliphatic rings. The molecule has 0 amide bonds. The van der Waals surface area contributed by atoms with Crippen molar-refractivity contribution >= 4 is 23.5 Å². The lowest BCUT2D eigenvalue weighted by Gasteiger charge is -2.29. The zero-order valence-electron chi connectivity index (χ0n) is 12.8. The van der Waals surface area contributed by atoms with Crippen LogP contribution in [0.15, 0.2) is 4.52 Å². The van der Waals surface area contributed by atoms with Crippen LogP contribution in [0, 0.1) is 0 Å². The number of rotatable bonds is 6. The second-order valence-electron chi connectivity index (χ2n) is 5.39. The SMILES string of the molecule is CCCC(Cc1nc(C2CSC(C)C(C)S2)no1)NC. The molecule has 2 heterocycles. The molecule has 0 radical (unpaired) electrons. The summed E-state index contributed by atoms with van der Waals surface area (Å²) in [5.74, 6) is 2.73. The molecular formula is C14H25N3OS2. The first-order chi connectivity index (χ1) is 9.63. The maximum atomic E-state index is 5.43. The molecule has 0 bridgehead atoms. The molecule has 0 spiro atoms. The van der Waals surface area contributed by atoms with Crippen molar-refractivity contribution in [3.8, 4) is 0 Å². The van der Waals surface area contributed by atoms with Crippen LogP contribution in [0.3, 0.4) is 0 Å². The lowest BCUT2D eigenvalue weighted by molar-refractivity contribution is 0.352. The fourth-order valence-corrected chi connectivity index (χ4v) is 5.14. The summed E-state index contributed by atoms with van der Waals surface area (Å²) in [5, 5.41) is 9.25. The Balaban J connectivity index is 1.95. The fraction of sp³-hybridized carbons (Fsp3) is 0.857.